The van der Waals surface area contributed by atoms with Gasteiger partial charge in [0.05, 0.1) is 25.1 Å². The van der Waals surface area contributed by atoms with Gasteiger partial charge in [0.2, 0.25) is 0 Å². The summed E-state index contributed by atoms with van der Waals surface area (Å²) in [4.78, 5) is 20.8. The molecule has 1 aromatic heterocycles. The Morgan fingerprint density at radius 2 is 1.78 bits per heavy atom. The smallest absolute Gasteiger partial charge is 0.277 e. The van der Waals surface area contributed by atoms with E-state index in [0.29, 0.717) is 24.7 Å². The number of amidine groups is 1. The number of nitrogens with one attached hydrogen (secondary N) is 1. The summed E-state index contributed by atoms with van der Waals surface area (Å²) < 4.78 is 6.98. The number of aromatic nitrogens is 2. The maximum atomic E-state index is 13.5. The van der Waals surface area contributed by atoms with Gasteiger partial charge in [0.25, 0.3) is 5.91 Å². The molecule has 164 valence electrons. The quantitative estimate of drug-likeness (QED) is 0.506. The molecule has 1 fully saturated rings. The Morgan fingerprint density at radius 3 is 2.44 bits per heavy atom. The van der Waals surface area contributed by atoms with Gasteiger partial charge in [-0.1, -0.05) is 0 Å². The Labute approximate surface area is 186 Å². The van der Waals surface area contributed by atoms with Gasteiger partial charge in [0, 0.05) is 29.9 Å². The summed E-state index contributed by atoms with van der Waals surface area (Å²) in [5, 5.41) is 14.6. The van der Waals surface area contributed by atoms with Crippen molar-refractivity contribution in [2.75, 3.05) is 31.7 Å². The third-order valence-electron chi connectivity index (χ3n) is 5.99. The van der Waals surface area contributed by atoms with Crippen LogP contribution < -0.4 is 9.64 Å². The minimum atomic E-state index is -0.0756. The van der Waals surface area contributed by atoms with E-state index >= 15 is 0 Å². The monoisotopic (exact) mass is 431 g/mol. The maximum Gasteiger partial charge on any atom is 0.277 e. The molecule has 3 heterocycles. The number of benzene rings is 2. The molecule has 2 aromatic carbocycles. The molecule has 3 aromatic rings. The van der Waals surface area contributed by atoms with Crippen molar-refractivity contribution in [3.63, 3.8) is 0 Å². The van der Waals surface area contributed by atoms with Crippen molar-refractivity contribution in [2.45, 2.75) is 19.8 Å². The van der Waals surface area contributed by atoms with Crippen LogP contribution in [0.15, 0.2) is 48.5 Å². The Hall–Kier alpha value is -3.65. The van der Waals surface area contributed by atoms with Gasteiger partial charge in [-0.3, -0.25) is 15.0 Å². The van der Waals surface area contributed by atoms with Crippen LogP contribution in [0.4, 0.5) is 5.69 Å². The van der Waals surface area contributed by atoms with Crippen molar-refractivity contribution >= 4 is 17.4 Å². The van der Waals surface area contributed by atoms with Crippen LogP contribution in [0.1, 0.15) is 33.7 Å². The molecule has 8 nitrogen and oxygen atoms in total. The third-order valence-corrected chi connectivity index (χ3v) is 5.99. The molecule has 2 aliphatic heterocycles. The minimum absolute atomic E-state index is 0.0756. The summed E-state index contributed by atoms with van der Waals surface area (Å²) in [5.41, 5.74) is 4.85. The molecule has 0 radical (unpaired) electrons. The van der Waals surface area contributed by atoms with E-state index in [2.05, 4.69) is 5.10 Å². The van der Waals surface area contributed by atoms with E-state index in [0.717, 1.165) is 53.3 Å². The van der Waals surface area contributed by atoms with E-state index in [4.69, 9.17) is 15.0 Å². The zero-order chi connectivity index (χ0) is 22.2. The average Bonchev–Trinajstić information content (AvgIpc) is 3.48. The lowest BCUT2D eigenvalue weighted by Crippen LogP contribution is -2.38. The largest absolute Gasteiger partial charge is 0.497 e. The van der Waals surface area contributed by atoms with E-state index < -0.39 is 0 Å². The zero-order valence-electron chi connectivity index (χ0n) is 18.2. The molecule has 0 saturated carbocycles. The molecule has 1 amide bonds. The van der Waals surface area contributed by atoms with Gasteiger partial charge in [-0.25, -0.2) is 9.75 Å². The van der Waals surface area contributed by atoms with Crippen molar-refractivity contribution in [1.29, 1.82) is 5.41 Å². The number of nitrogens with zero attached hydrogens (tertiary/aromatic N) is 4. The van der Waals surface area contributed by atoms with Gasteiger partial charge in [-0.05, 0) is 68.3 Å². The number of fused-ring (bicyclic) bond motifs is 1. The van der Waals surface area contributed by atoms with E-state index in [1.54, 1.807) is 21.8 Å². The Morgan fingerprint density at radius 1 is 1.06 bits per heavy atom. The summed E-state index contributed by atoms with van der Waals surface area (Å²) in [6.45, 7) is 3.91. The van der Waals surface area contributed by atoms with Crippen LogP contribution in [0.5, 0.6) is 5.75 Å². The van der Waals surface area contributed by atoms with Crippen molar-refractivity contribution in [3.8, 4) is 11.4 Å². The normalized spacial score (nSPS) is 15.8. The highest BCUT2D eigenvalue weighted by Gasteiger charge is 2.32. The van der Waals surface area contributed by atoms with Crippen LogP contribution in [0.3, 0.4) is 0 Å². The second-order valence-corrected chi connectivity index (χ2v) is 7.91. The van der Waals surface area contributed by atoms with Crippen molar-refractivity contribution in [3.05, 3.63) is 71.0 Å². The van der Waals surface area contributed by atoms with E-state index in [1.807, 2.05) is 55.5 Å². The summed E-state index contributed by atoms with van der Waals surface area (Å²) in [6.07, 6.45) is 1.66. The fourth-order valence-electron chi connectivity index (χ4n) is 4.26. The first-order chi connectivity index (χ1) is 15.6. The average molecular weight is 431 g/mol. The van der Waals surface area contributed by atoms with E-state index in [9.17, 15) is 4.79 Å². The highest BCUT2D eigenvalue weighted by Crippen LogP contribution is 2.29. The molecule has 1 saturated heterocycles. The number of carbonyl (C=O) groups excluding carboxylic acids is 1. The van der Waals surface area contributed by atoms with Crippen LogP contribution in [-0.4, -0.2) is 53.4 Å². The first-order valence-electron chi connectivity index (χ1n) is 10.7. The van der Waals surface area contributed by atoms with Crippen LogP contribution in [-0.2, 0) is 11.3 Å². The Bertz CT molecular complexity index is 1160. The molecule has 32 heavy (non-hydrogen) atoms. The van der Waals surface area contributed by atoms with Gasteiger partial charge < -0.3 is 9.64 Å². The molecule has 1 N–H and O–H groups in total. The Kier molecular flexibility index (Phi) is 5.14. The number of aryl methyl sites for hydroxylation is 1. The second-order valence-electron chi connectivity index (χ2n) is 7.91. The third kappa shape index (κ3) is 3.42. The molecule has 2 aliphatic rings. The van der Waals surface area contributed by atoms with Crippen LogP contribution in [0, 0.1) is 12.3 Å². The summed E-state index contributed by atoms with van der Waals surface area (Å²) in [7, 11) is 1.63. The zero-order valence-corrected chi connectivity index (χ0v) is 18.2. The highest BCUT2D eigenvalue weighted by molar-refractivity contribution is 6.08. The van der Waals surface area contributed by atoms with Gasteiger partial charge in [0.1, 0.15) is 11.4 Å². The lowest BCUT2D eigenvalue weighted by atomic mass is 10.0. The predicted octanol–water partition coefficient (Wildman–Crippen LogP) is 3.35. The van der Waals surface area contributed by atoms with E-state index in [-0.39, 0.29) is 5.91 Å². The van der Waals surface area contributed by atoms with Crippen molar-refractivity contribution in [2.24, 2.45) is 0 Å². The molecule has 0 unspecified atom stereocenters. The lowest BCUT2D eigenvalue weighted by Gasteiger charge is -2.28. The number of hydrogen-bond acceptors (Lipinski definition) is 5. The van der Waals surface area contributed by atoms with Crippen LogP contribution in [0.25, 0.3) is 5.69 Å². The fraction of sp³-hybridized carbons (Fsp3) is 0.292. The SMILES string of the molecule is COc1ccc(-n2nc(C)c3c2C(=O)N(c2ccc(C(=N)N4CCCO4)cc2)CC3)cc1. The summed E-state index contributed by atoms with van der Waals surface area (Å²) in [5.74, 6) is 1.02. The lowest BCUT2D eigenvalue weighted by molar-refractivity contribution is -0.0440. The predicted molar refractivity (Wildman–Crippen MR) is 121 cm³/mol. The van der Waals surface area contributed by atoms with Crippen LogP contribution in [0.2, 0.25) is 0 Å². The van der Waals surface area contributed by atoms with Gasteiger partial charge in [0.15, 0.2) is 5.84 Å². The van der Waals surface area contributed by atoms with Gasteiger partial charge in [-0.15, -0.1) is 0 Å². The number of rotatable bonds is 4. The summed E-state index contributed by atoms with van der Waals surface area (Å²) in [6, 6.07) is 15.1. The minimum Gasteiger partial charge on any atom is -0.497 e. The second kappa shape index (κ2) is 8.12. The maximum absolute atomic E-state index is 13.5. The number of methoxy groups -OCH3 is 1. The fourth-order valence-corrected chi connectivity index (χ4v) is 4.26. The number of ether oxygens (including phenoxy) is 1. The number of amides is 1. The summed E-state index contributed by atoms with van der Waals surface area (Å²) >= 11 is 0. The number of anilines is 1. The first kappa shape index (κ1) is 20.3. The number of carbonyl (C=O) groups is 1. The van der Waals surface area contributed by atoms with Crippen molar-refractivity contribution < 1.29 is 14.4 Å². The van der Waals surface area contributed by atoms with Crippen LogP contribution >= 0.6 is 0 Å². The van der Waals surface area contributed by atoms with Gasteiger partial charge >= 0.3 is 0 Å². The molecule has 0 aliphatic carbocycles. The highest BCUT2D eigenvalue weighted by atomic mass is 16.7. The number of hydrogen-bond donors (Lipinski definition) is 1. The topological polar surface area (TPSA) is 83.7 Å². The Balaban J connectivity index is 1.43. The van der Waals surface area contributed by atoms with Gasteiger partial charge in [-0.2, -0.15) is 5.10 Å². The molecule has 0 bridgehead atoms. The first-order valence-corrected chi connectivity index (χ1v) is 10.7. The van der Waals surface area contributed by atoms with E-state index in [1.165, 1.54) is 0 Å². The molecular weight excluding hydrogens is 406 g/mol. The molecule has 8 heteroatoms. The molecule has 0 spiro atoms. The molecule has 5 rings (SSSR count). The molecule has 0 atom stereocenters. The van der Waals surface area contributed by atoms with Crippen molar-refractivity contribution in [1.82, 2.24) is 14.8 Å². The standard InChI is InChI=1S/C24H25N5O3/c1-16-21-12-14-27(18-6-4-17(5-7-18)23(25)28-13-3-15-32-28)24(30)22(21)29(26-16)19-8-10-20(31-2)11-9-19/h4-11,25H,3,12-15H2,1-2H3. The number of hydroxylamine groups is 2. The molecular formula is C24H25N5O3.